The maximum atomic E-state index is 11.9. The Morgan fingerprint density at radius 2 is 2.15 bits per heavy atom. The van der Waals surface area contributed by atoms with E-state index in [9.17, 15) is 20.0 Å². The average Bonchev–Trinajstić information content (AvgIpc) is 2.39. The molecule has 0 bridgehead atoms. The summed E-state index contributed by atoms with van der Waals surface area (Å²) in [6.07, 6.45) is 0.654. The molecule has 20 heavy (non-hydrogen) atoms. The Kier molecular flexibility index (Phi) is 6.19. The lowest BCUT2D eigenvalue weighted by Gasteiger charge is -2.11. The molecule has 0 aliphatic carbocycles. The number of amides is 1. The summed E-state index contributed by atoms with van der Waals surface area (Å²) in [6.45, 7) is 1.95. The summed E-state index contributed by atoms with van der Waals surface area (Å²) in [6, 6.07) is 2.13. The van der Waals surface area contributed by atoms with E-state index in [1.165, 1.54) is 0 Å². The normalized spacial score (nSPS) is 12.0. The van der Waals surface area contributed by atoms with Crippen molar-refractivity contribution in [3.05, 3.63) is 37.9 Å². The zero-order valence-electron chi connectivity index (χ0n) is 10.7. The van der Waals surface area contributed by atoms with Crippen LogP contribution in [-0.2, 0) is 0 Å². The minimum atomic E-state index is -0.670. The SMILES string of the molecule is CCCC(O)CNC(=O)c1cc([N+](=O)[O-])cc(Cl)c1Cl. The molecule has 0 saturated heterocycles. The summed E-state index contributed by atoms with van der Waals surface area (Å²) in [7, 11) is 0. The number of carbonyl (C=O) groups excluding carboxylic acids is 1. The summed E-state index contributed by atoms with van der Waals surface area (Å²) >= 11 is 11.6. The molecular weight excluding hydrogens is 307 g/mol. The minimum absolute atomic E-state index is 0.0450. The fourth-order valence-corrected chi connectivity index (χ4v) is 1.99. The van der Waals surface area contributed by atoms with Crippen LogP contribution in [0.3, 0.4) is 0 Å². The molecule has 0 radical (unpaired) electrons. The number of hydrogen-bond donors (Lipinski definition) is 2. The second-order valence-electron chi connectivity index (χ2n) is 4.20. The predicted octanol–water partition coefficient (Wildman–Crippen LogP) is 2.79. The van der Waals surface area contributed by atoms with E-state index in [1.54, 1.807) is 0 Å². The highest BCUT2D eigenvalue weighted by Crippen LogP contribution is 2.30. The largest absolute Gasteiger partial charge is 0.391 e. The molecule has 8 heteroatoms. The second kappa shape index (κ2) is 7.42. The lowest BCUT2D eigenvalue weighted by Crippen LogP contribution is -2.32. The van der Waals surface area contributed by atoms with Crippen molar-refractivity contribution in [2.75, 3.05) is 6.54 Å². The summed E-state index contributed by atoms with van der Waals surface area (Å²) < 4.78 is 0. The number of nitrogens with one attached hydrogen (secondary N) is 1. The fraction of sp³-hybridized carbons (Fsp3) is 0.417. The van der Waals surface area contributed by atoms with Crippen molar-refractivity contribution >= 4 is 34.8 Å². The van der Waals surface area contributed by atoms with Gasteiger partial charge in [0.1, 0.15) is 0 Å². The molecule has 1 aromatic rings. The van der Waals surface area contributed by atoms with E-state index in [1.807, 2.05) is 6.92 Å². The monoisotopic (exact) mass is 320 g/mol. The molecule has 0 aliphatic heterocycles. The van der Waals surface area contributed by atoms with Gasteiger partial charge in [0.05, 0.1) is 26.6 Å². The maximum Gasteiger partial charge on any atom is 0.271 e. The first-order valence-corrected chi connectivity index (χ1v) is 6.72. The molecule has 0 heterocycles. The van der Waals surface area contributed by atoms with E-state index < -0.39 is 16.9 Å². The van der Waals surface area contributed by atoms with Crippen LogP contribution in [0.25, 0.3) is 0 Å². The number of halogens is 2. The van der Waals surface area contributed by atoms with Crippen LogP contribution in [-0.4, -0.2) is 28.6 Å². The van der Waals surface area contributed by atoms with E-state index >= 15 is 0 Å². The number of nitrogens with zero attached hydrogens (tertiary/aromatic N) is 1. The van der Waals surface area contributed by atoms with Crippen LogP contribution >= 0.6 is 23.2 Å². The fourth-order valence-electron chi connectivity index (χ4n) is 1.59. The van der Waals surface area contributed by atoms with Crippen LogP contribution in [0.4, 0.5) is 5.69 Å². The predicted molar refractivity (Wildman–Crippen MR) is 76.4 cm³/mol. The highest BCUT2D eigenvalue weighted by molar-refractivity contribution is 6.44. The number of aliphatic hydroxyl groups excluding tert-OH is 1. The number of non-ortho nitro benzene ring substituents is 1. The van der Waals surface area contributed by atoms with E-state index in [4.69, 9.17) is 23.2 Å². The van der Waals surface area contributed by atoms with Crippen LogP contribution in [0.15, 0.2) is 12.1 Å². The Morgan fingerprint density at radius 1 is 1.50 bits per heavy atom. The number of nitro groups is 1. The molecule has 1 unspecified atom stereocenters. The van der Waals surface area contributed by atoms with Crippen molar-refractivity contribution in [3.8, 4) is 0 Å². The summed E-state index contributed by atoms with van der Waals surface area (Å²) in [5.41, 5.74) is -0.409. The summed E-state index contributed by atoms with van der Waals surface area (Å²) in [5.74, 6) is -0.615. The topological polar surface area (TPSA) is 92.5 Å². The molecule has 0 saturated carbocycles. The Balaban J connectivity index is 2.89. The molecule has 1 rings (SSSR count). The molecule has 0 fully saturated rings. The highest BCUT2D eigenvalue weighted by Gasteiger charge is 2.19. The molecule has 6 nitrogen and oxygen atoms in total. The van der Waals surface area contributed by atoms with Crippen LogP contribution < -0.4 is 5.32 Å². The molecule has 1 aromatic carbocycles. The molecule has 1 amide bonds. The van der Waals surface area contributed by atoms with Gasteiger partial charge in [-0.05, 0) is 6.42 Å². The number of nitro benzene ring substituents is 1. The molecule has 0 aliphatic rings. The molecular formula is C12H14Cl2N2O4. The second-order valence-corrected chi connectivity index (χ2v) is 4.98. The zero-order valence-corrected chi connectivity index (χ0v) is 12.2. The van der Waals surface area contributed by atoms with Gasteiger partial charge in [-0.1, -0.05) is 36.5 Å². The lowest BCUT2D eigenvalue weighted by atomic mass is 10.1. The van der Waals surface area contributed by atoms with Gasteiger partial charge in [-0.25, -0.2) is 0 Å². The smallest absolute Gasteiger partial charge is 0.271 e. The van der Waals surface area contributed by atoms with Crippen molar-refractivity contribution < 1.29 is 14.8 Å². The third-order valence-electron chi connectivity index (χ3n) is 2.59. The number of rotatable bonds is 6. The van der Waals surface area contributed by atoms with E-state index in [2.05, 4.69) is 5.32 Å². The molecule has 0 spiro atoms. The Labute approximate surface area is 125 Å². The van der Waals surface area contributed by atoms with Gasteiger partial charge in [0.25, 0.3) is 11.6 Å². The van der Waals surface area contributed by atoms with Gasteiger partial charge in [-0.15, -0.1) is 0 Å². The van der Waals surface area contributed by atoms with Crippen LogP contribution in [0.2, 0.25) is 10.0 Å². The molecule has 1 atom stereocenters. The average molecular weight is 321 g/mol. The Hall–Kier alpha value is -1.37. The minimum Gasteiger partial charge on any atom is -0.391 e. The maximum absolute atomic E-state index is 11.9. The number of carbonyl (C=O) groups is 1. The van der Waals surface area contributed by atoms with Crippen molar-refractivity contribution in [2.45, 2.75) is 25.9 Å². The zero-order chi connectivity index (χ0) is 15.3. The van der Waals surface area contributed by atoms with Gasteiger partial charge in [0, 0.05) is 18.7 Å². The first kappa shape index (κ1) is 16.7. The third-order valence-corrected chi connectivity index (χ3v) is 3.39. The van der Waals surface area contributed by atoms with Crippen LogP contribution in [0.5, 0.6) is 0 Å². The van der Waals surface area contributed by atoms with Gasteiger partial charge < -0.3 is 10.4 Å². The highest BCUT2D eigenvalue weighted by atomic mass is 35.5. The number of aliphatic hydroxyl groups is 1. The van der Waals surface area contributed by atoms with Crippen molar-refractivity contribution in [3.63, 3.8) is 0 Å². The van der Waals surface area contributed by atoms with Gasteiger partial charge >= 0.3 is 0 Å². The van der Waals surface area contributed by atoms with E-state index in [0.717, 1.165) is 18.6 Å². The van der Waals surface area contributed by atoms with E-state index in [0.29, 0.717) is 6.42 Å². The van der Waals surface area contributed by atoms with Crippen molar-refractivity contribution in [1.29, 1.82) is 0 Å². The molecule has 110 valence electrons. The number of benzene rings is 1. The Bertz CT molecular complexity index is 522. The summed E-state index contributed by atoms with van der Waals surface area (Å²) in [5, 5.41) is 22.6. The summed E-state index contributed by atoms with van der Waals surface area (Å²) in [4.78, 5) is 22.0. The molecule has 2 N–H and O–H groups in total. The quantitative estimate of drug-likeness (QED) is 0.622. The van der Waals surface area contributed by atoms with Gasteiger partial charge in [-0.2, -0.15) is 0 Å². The van der Waals surface area contributed by atoms with Gasteiger partial charge in [0.15, 0.2) is 0 Å². The van der Waals surface area contributed by atoms with E-state index in [-0.39, 0.29) is 27.8 Å². The first-order valence-electron chi connectivity index (χ1n) is 5.96. The van der Waals surface area contributed by atoms with Crippen molar-refractivity contribution in [1.82, 2.24) is 5.32 Å². The van der Waals surface area contributed by atoms with Gasteiger partial charge in [-0.3, -0.25) is 14.9 Å². The van der Waals surface area contributed by atoms with Crippen LogP contribution in [0.1, 0.15) is 30.1 Å². The number of hydrogen-bond acceptors (Lipinski definition) is 4. The molecule has 0 aromatic heterocycles. The van der Waals surface area contributed by atoms with Gasteiger partial charge in [0.2, 0.25) is 0 Å². The first-order chi connectivity index (χ1) is 9.36. The van der Waals surface area contributed by atoms with Crippen LogP contribution in [0, 0.1) is 10.1 Å². The lowest BCUT2D eigenvalue weighted by molar-refractivity contribution is -0.384. The standard InChI is InChI=1S/C12H14Cl2N2O4/c1-2-3-8(17)6-15-12(18)9-4-7(16(19)20)5-10(13)11(9)14/h4-5,8,17H,2-3,6H2,1H3,(H,15,18). The third kappa shape index (κ3) is 4.33. The van der Waals surface area contributed by atoms with Crippen molar-refractivity contribution in [2.24, 2.45) is 0 Å². The Morgan fingerprint density at radius 3 is 2.70 bits per heavy atom.